The van der Waals surface area contributed by atoms with Crippen molar-refractivity contribution >= 4 is 50.7 Å². The lowest BCUT2D eigenvalue weighted by Crippen LogP contribution is -2.54. The maximum Gasteiger partial charge on any atom is 0.264 e. The Labute approximate surface area is 264 Å². The van der Waals surface area contributed by atoms with Crippen LogP contribution in [0.3, 0.4) is 0 Å². The quantitative estimate of drug-likeness (QED) is 0.244. The molecule has 1 aliphatic carbocycles. The number of benzene rings is 3. The van der Waals surface area contributed by atoms with Crippen molar-refractivity contribution in [3.8, 4) is 5.75 Å². The molecule has 1 N–H and O–H groups in total. The van der Waals surface area contributed by atoms with E-state index in [-0.39, 0.29) is 29.1 Å². The Morgan fingerprint density at radius 2 is 1.67 bits per heavy atom. The summed E-state index contributed by atoms with van der Waals surface area (Å²) < 4.78 is 34.2. The molecule has 43 heavy (non-hydrogen) atoms. The third-order valence-corrected chi connectivity index (χ3v) is 10.1. The lowest BCUT2D eigenvalue weighted by atomic mass is 9.95. The van der Waals surface area contributed by atoms with Gasteiger partial charge in [-0.2, -0.15) is 0 Å². The van der Waals surface area contributed by atoms with Crippen molar-refractivity contribution in [2.24, 2.45) is 0 Å². The summed E-state index contributed by atoms with van der Waals surface area (Å²) in [5, 5.41) is 3.89. The summed E-state index contributed by atoms with van der Waals surface area (Å²) in [4.78, 5) is 29.3. The van der Waals surface area contributed by atoms with Gasteiger partial charge in [-0.25, -0.2) is 8.42 Å². The molecule has 1 fully saturated rings. The molecule has 1 atom stereocenters. The number of amides is 2. The summed E-state index contributed by atoms with van der Waals surface area (Å²) in [6.45, 7) is 1.30. The highest BCUT2D eigenvalue weighted by Crippen LogP contribution is 2.28. The van der Waals surface area contributed by atoms with Crippen molar-refractivity contribution in [1.29, 1.82) is 0 Å². The van der Waals surface area contributed by atoms with Crippen molar-refractivity contribution in [2.75, 3.05) is 18.0 Å². The molecule has 0 heterocycles. The molecule has 11 heteroatoms. The lowest BCUT2D eigenvalue weighted by Gasteiger charge is -2.34. The second-order valence-electron chi connectivity index (χ2n) is 10.5. The van der Waals surface area contributed by atoms with Crippen LogP contribution in [0.1, 0.15) is 51.0 Å². The van der Waals surface area contributed by atoms with Gasteiger partial charge in [0, 0.05) is 22.6 Å². The van der Waals surface area contributed by atoms with Gasteiger partial charge in [0.25, 0.3) is 10.0 Å². The molecule has 230 valence electrons. The first-order valence-corrected chi connectivity index (χ1v) is 16.6. The SMILES string of the molecule is CC[C@@H](C(=O)NC1CCCCC1)N(Cc1ccccc1Cl)C(=O)CN(c1cccc(Cl)c1)S(=O)(=O)c1ccc(OC)cc1. The maximum atomic E-state index is 14.2. The normalized spacial score (nSPS) is 14.5. The van der Waals surface area contributed by atoms with Crippen LogP contribution in [-0.2, 0) is 26.2 Å². The molecule has 0 radical (unpaired) electrons. The summed E-state index contributed by atoms with van der Waals surface area (Å²) >= 11 is 12.7. The number of methoxy groups -OCH3 is 1. The van der Waals surface area contributed by atoms with Gasteiger partial charge in [-0.1, -0.05) is 73.7 Å². The number of anilines is 1. The van der Waals surface area contributed by atoms with E-state index in [1.807, 2.05) is 6.92 Å². The van der Waals surface area contributed by atoms with Crippen molar-refractivity contribution in [3.63, 3.8) is 0 Å². The first-order valence-electron chi connectivity index (χ1n) is 14.4. The minimum Gasteiger partial charge on any atom is -0.497 e. The molecule has 1 saturated carbocycles. The number of rotatable bonds is 12. The Bertz CT molecular complexity index is 1510. The van der Waals surface area contributed by atoms with E-state index in [9.17, 15) is 18.0 Å². The van der Waals surface area contributed by atoms with E-state index in [0.29, 0.717) is 27.8 Å². The van der Waals surface area contributed by atoms with Gasteiger partial charge in [0.15, 0.2) is 0 Å². The van der Waals surface area contributed by atoms with Crippen LogP contribution < -0.4 is 14.4 Å². The molecule has 1 aliphatic rings. The summed E-state index contributed by atoms with van der Waals surface area (Å²) in [5.74, 6) is -0.324. The Balaban J connectivity index is 1.71. The average molecular weight is 647 g/mol. The number of nitrogens with zero attached hydrogens (tertiary/aromatic N) is 2. The molecule has 3 aromatic rings. The molecule has 0 aromatic heterocycles. The maximum absolute atomic E-state index is 14.2. The van der Waals surface area contributed by atoms with E-state index in [0.717, 1.165) is 36.4 Å². The predicted molar refractivity (Wildman–Crippen MR) is 170 cm³/mol. The second kappa shape index (κ2) is 14.9. The number of carbonyl (C=O) groups excluding carboxylic acids is 2. The monoisotopic (exact) mass is 645 g/mol. The minimum atomic E-state index is -4.24. The van der Waals surface area contributed by atoms with Crippen LogP contribution >= 0.6 is 23.2 Å². The zero-order valence-corrected chi connectivity index (χ0v) is 26.7. The Hall–Kier alpha value is -3.27. The fourth-order valence-corrected chi connectivity index (χ4v) is 7.09. The van der Waals surface area contributed by atoms with E-state index in [1.165, 1.54) is 42.3 Å². The summed E-state index contributed by atoms with van der Waals surface area (Å²) in [7, 11) is -2.75. The molecule has 0 aliphatic heterocycles. The van der Waals surface area contributed by atoms with E-state index >= 15 is 0 Å². The number of hydrogen-bond acceptors (Lipinski definition) is 5. The second-order valence-corrected chi connectivity index (χ2v) is 13.3. The van der Waals surface area contributed by atoms with E-state index < -0.39 is 28.5 Å². The van der Waals surface area contributed by atoms with Gasteiger partial charge in [-0.05, 0) is 73.4 Å². The van der Waals surface area contributed by atoms with Gasteiger partial charge in [0.2, 0.25) is 11.8 Å². The van der Waals surface area contributed by atoms with Crippen molar-refractivity contribution in [1.82, 2.24) is 10.2 Å². The van der Waals surface area contributed by atoms with Gasteiger partial charge in [-0.3, -0.25) is 13.9 Å². The average Bonchev–Trinajstić information content (AvgIpc) is 3.01. The van der Waals surface area contributed by atoms with E-state index in [4.69, 9.17) is 27.9 Å². The molecule has 0 unspecified atom stereocenters. The summed E-state index contributed by atoms with van der Waals surface area (Å²) in [6, 6.07) is 18.5. The number of hydrogen-bond donors (Lipinski definition) is 1. The molecule has 2 amide bonds. The third-order valence-electron chi connectivity index (χ3n) is 7.66. The zero-order chi connectivity index (χ0) is 31.0. The van der Waals surface area contributed by atoms with Gasteiger partial charge < -0.3 is 15.0 Å². The highest BCUT2D eigenvalue weighted by molar-refractivity contribution is 7.92. The van der Waals surface area contributed by atoms with Crippen molar-refractivity contribution < 1.29 is 22.7 Å². The smallest absolute Gasteiger partial charge is 0.264 e. The first-order chi connectivity index (χ1) is 20.6. The van der Waals surface area contributed by atoms with Crippen molar-refractivity contribution in [2.45, 2.75) is 69.0 Å². The zero-order valence-electron chi connectivity index (χ0n) is 24.3. The van der Waals surface area contributed by atoms with E-state index in [1.54, 1.807) is 42.5 Å². The van der Waals surface area contributed by atoms with Crippen LogP contribution in [0.4, 0.5) is 5.69 Å². The number of halogens is 2. The molecule has 8 nitrogen and oxygen atoms in total. The topological polar surface area (TPSA) is 96.0 Å². The molecule has 4 rings (SSSR count). The van der Waals surface area contributed by atoms with Crippen LogP contribution in [0, 0.1) is 0 Å². The van der Waals surface area contributed by atoms with Gasteiger partial charge in [0.1, 0.15) is 18.3 Å². The lowest BCUT2D eigenvalue weighted by molar-refractivity contribution is -0.140. The van der Waals surface area contributed by atoms with Crippen LogP contribution in [0.15, 0.2) is 77.7 Å². The number of carbonyl (C=O) groups is 2. The van der Waals surface area contributed by atoms with Crippen LogP contribution in [0.2, 0.25) is 10.0 Å². The van der Waals surface area contributed by atoms with Gasteiger partial charge >= 0.3 is 0 Å². The fraction of sp³-hybridized carbons (Fsp3) is 0.375. The molecule has 3 aromatic carbocycles. The number of sulfonamides is 1. The van der Waals surface area contributed by atoms with Crippen LogP contribution in [-0.4, -0.2) is 50.9 Å². The third kappa shape index (κ3) is 8.22. The van der Waals surface area contributed by atoms with Crippen LogP contribution in [0.5, 0.6) is 5.75 Å². The molecule has 0 spiro atoms. The predicted octanol–water partition coefficient (Wildman–Crippen LogP) is 6.45. The molecular formula is C32H37Cl2N3O5S. The number of nitrogens with one attached hydrogen (secondary N) is 1. The fourth-order valence-electron chi connectivity index (χ4n) is 5.31. The molecule has 0 bridgehead atoms. The van der Waals surface area contributed by atoms with Crippen molar-refractivity contribution in [3.05, 3.63) is 88.4 Å². The highest BCUT2D eigenvalue weighted by Gasteiger charge is 2.34. The Morgan fingerprint density at radius 1 is 0.977 bits per heavy atom. The Morgan fingerprint density at radius 3 is 2.30 bits per heavy atom. The summed E-state index contributed by atoms with van der Waals surface area (Å²) in [6.07, 6.45) is 5.34. The minimum absolute atomic E-state index is 0.0270. The van der Waals surface area contributed by atoms with Gasteiger partial charge in [-0.15, -0.1) is 0 Å². The highest BCUT2D eigenvalue weighted by atomic mass is 35.5. The standard InChI is InChI=1S/C32H37Cl2N3O5S/c1-3-30(32(39)35-25-12-5-4-6-13-25)36(21-23-10-7-8-15-29(23)34)31(38)22-37(26-14-9-11-24(33)20-26)43(40,41)28-18-16-27(42-2)17-19-28/h7-11,14-20,25,30H,3-6,12-13,21-22H2,1-2H3,(H,35,39)/t30-/m0/s1. The van der Waals surface area contributed by atoms with Crippen LogP contribution in [0.25, 0.3) is 0 Å². The van der Waals surface area contributed by atoms with Gasteiger partial charge in [0.05, 0.1) is 17.7 Å². The van der Waals surface area contributed by atoms with E-state index in [2.05, 4.69) is 5.32 Å². The Kier molecular flexibility index (Phi) is 11.3. The largest absolute Gasteiger partial charge is 0.497 e. The summed E-state index contributed by atoms with van der Waals surface area (Å²) in [5.41, 5.74) is 0.864. The molecular weight excluding hydrogens is 609 g/mol. The number of ether oxygens (including phenoxy) is 1. The first kappa shape index (κ1) is 32.6. The molecule has 0 saturated heterocycles.